The molecule has 162 valence electrons. The summed E-state index contributed by atoms with van der Waals surface area (Å²) in [7, 11) is 1.54. The van der Waals surface area contributed by atoms with Gasteiger partial charge in [0.15, 0.2) is 4.87 Å². The zero-order valence-electron chi connectivity index (χ0n) is 17.1. The van der Waals surface area contributed by atoms with Crippen LogP contribution in [0.15, 0.2) is 36.4 Å². The van der Waals surface area contributed by atoms with Crippen LogP contribution in [0, 0.1) is 17.6 Å². The molecule has 0 bridgehead atoms. The standard InChI is InChI=1S/C23H22F2N2O3S/c1-30-15-8-9-20-17(12-15)23(27(10-11-31-23)21(28)14-4-2-5-14)22(29)26(20)13-16-18(24)6-3-7-19(16)25/h3,6-9,12,14H,2,4-5,10-11,13H2,1H3. The average Bonchev–Trinajstić information content (AvgIpc) is 3.26. The van der Waals surface area contributed by atoms with Gasteiger partial charge >= 0.3 is 0 Å². The van der Waals surface area contributed by atoms with Crippen molar-refractivity contribution >= 4 is 29.3 Å². The minimum absolute atomic E-state index is 0.0164. The van der Waals surface area contributed by atoms with Crippen LogP contribution in [0.4, 0.5) is 14.5 Å². The second-order valence-electron chi connectivity index (χ2n) is 8.08. The Hall–Kier alpha value is -2.61. The van der Waals surface area contributed by atoms with E-state index < -0.39 is 16.5 Å². The molecule has 5 nitrogen and oxygen atoms in total. The number of halogens is 2. The second kappa shape index (κ2) is 7.51. The van der Waals surface area contributed by atoms with Crippen molar-refractivity contribution in [1.29, 1.82) is 0 Å². The van der Waals surface area contributed by atoms with E-state index >= 15 is 0 Å². The van der Waals surface area contributed by atoms with Gasteiger partial charge in [-0.25, -0.2) is 8.78 Å². The number of fused-ring (bicyclic) bond motifs is 2. The Morgan fingerprint density at radius 2 is 1.97 bits per heavy atom. The third-order valence-electron chi connectivity index (χ3n) is 6.50. The second-order valence-corrected chi connectivity index (χ2v) is 9.37. The Labute approximate surface area is 183 Å². The van der Waals surface area contributed by atoms with Crippen LogP contribution in [0.5, 0.6) is 5.75 Å². The molecule has 1 saturated carbocycles. The van der Waals surface area contributed by atoms with E-state index in [2.05, 4.69) is 0 Å². The summed E-state index contributed by atoms with van der Waals surface area (Å²) in [6.45, 7) is 0.217. The van der Waals surface area contributed by atoms with Gasteiger partial charge in [-0.15, -0.1) is 11.8 Å². The van der Waals surface area contributed by atoms with E-state index in [-0.39, 0.29) is 29.8 Å². The summed E-state index contributed by atoms with van der Waals surface area (Å²) in [5, 5.41) is 0. The van der Waals surface area contributed by atoms with Gasteiger partial charge in [-0.05, 0) is 43.2 Å². The highest BCUT2D eigenvalue weighted by atomic mass is 32.2. The molecule has 5 rings (SSSR count). The minimum atomic E-state index is -1.22. The highest BCUT2D eigenvalue weighted by Gasteiger charge is 2.60. The monoisotopic (exact) mass is 444 g/mol. The third kappa shape index (κ3) is 2.95. The van der Waals surface area contributed by atoms with Crippen LogP contribution in [-0.4, -0.2) is 36.1 Å². The molecule has 0 aromatic heterocycles. The molecule has 1 spiro atoms. The fourth-order valence-corrected chi connectivity index (χ4v) is 6.08. The van der Waals surface area contributed by atoms with Gasteiger partial charge in [0, 0.05) is 29.3 Å². The van der Waals surface area contributed by atoms with Crippen molar-refractivity contribution in [3.63, 3.8) is 0 Å². The average molecular weight is 445 g/mol. The number of methoxy groups -OCH3 is 1. The summed E-state index contributed by atoms with van der Waals surface area (Å²) < 4.78 is 34.2. The third-order valence-corrected chi connectivity index (χ3v) is 7.92. The Bertz CT molecular complexity index is 1050. The van der Waals surface area contributed by atoms with Gasteiger partial charge in [-0.1, -0.05) is 12.5 Å². The van der Waals surface area contributed by atoms with Crippen LogP contribution in [-0.2, 0) is 21.0 Å². The lowest BCUT2D eigenvalue weighted by atomic mass is 9.84. The highest BCUT2D eigenvalue weighted by Crippen LogP contribution is 2.56. The first kappa shape index (κ1) is 20.3. The van der Waals surface area contributed by atoms with Crippen LogP contribution in [0.25, 0.3) is 0 Å². The fourth-order valence-electron chi connectivity index (χ4n) is 4.62. The van der Waals surface area contributed by atoms with E-state index in [0.717, 1.165) is 19.3 Å². The van der Waals surface area contributed by atoms with Gasteiger partial charge in [0.2, 0.25) is 5.91 Å². The van der Waals surface area contributed by atoms with Crippen molar-refractivity contribution in [2.24, 2.45) is 5.92 Å². The summed E-state index contributed by atoms with van der Waals surface area (Å²) >= 11 is 1.40. The Kier molecular flexibility index (Phi) is 4.92. The number of carbonyl (C=O) groups excluding carboxylic acids is 2. The number of ether oxygens (including phenoxy) is 1. The largest absolute Gasteiger partial charge is 0.497 e. The maximum absolute atomic E-state index is 14.4. The lowest BCUT2D eigenvalue weighted by Crippen LogP contribution is -2.52. The van der Waals surface area contributed by atoms with Gasteiger partial charge < -0.3 is 14.5 Å². The SMILES string of the molecule is COc1ccc2c(c1)C1(SCCN1C(=O)C1CCC1)C(=O)N2Cc1c(F)cccc1F. The van der Waals surface area contributed by atoms with Crippen LogP contribution in [0.1, 0.15) is 30.4 Å². The number of rotatable bonds is 4. The molecule has 2 fully saturated rings. The lowest BCUT2D eigenvalue weighted by molar-refractivity contribution is -0.145. The van der Waals surface area contributed by atoms with Crippen molar-refractivity contribution < 1.29 is 23.1 Å². The molecule has 2 aliphatic heterocycles. The number of amides is 2. The molecule has 2 aromatic carbocycles. The first-order valence-electron chi connectivity index (χ1n) is 10.4. The Balaban J connectivity index is 1.62. The molecule has 3 aliphatic rings. The zero-order chi connectivity index (χ0) is 21.8. The first-order valence-corrected chi connectivity index (χ1v) is 11.3. The Morgan fingerprint density at radius 1 is 1.23 bits per heavy atom. The van der Waals surface area contributed by atoms with Gasteiger partial charge in [-0.3, -0.25) is 9.59 Å². The van der Waals surface area contributed by atoms with Crippen molar-refractivity contribution in [2.45, 2.75) is 30.7 Å². The smallest absolute Gasteiger partial charge is 0.268 e. The van der Waals surface area contributed by atoms with E-state index in [1.165, 1.54) is 42.0 Å². The van der Waals surface area contributed by atoms with E-state index in [4.69, 9.17) is 4.74 Å². The summed E-state index contributed by atoms with van der Waals surface area (Å²) in [5.74, 6) is -0.645. The molecule has 1 saturated heterocycles. The number of nitrogens with zero attached hydrogens (tertiary/aromatic N) is 2. The molecule has 2 aromatic rings. The maximum atomic E-state index is 14.4. The molecule has 0 N–H and O–H groups in total. The summed E-state index contributed by atoms with van der Waals surface area (Å²) in [4.78, 5) is 29.0. The van der Waals surface area contributed by atoms with Gasteiger partial charge in [0.05, 0.1) is 19.3 Å². The topological polar surface area (TPSA) is 49.9 Å². The number of hydrogen-bond donors (Lipinski definition) is 0. The molecule has 1 aliphatic carbocycles. The first-order chi connectivity index (χ1) is 15.0. The lowest BCUT2D eigenvalue weighted by Gasteiger charge is -2.37. The molecular weight excluding hydrogens is 422 g/mol. The summed E-state index contributed by atoms with van der Waals surface area (Å²) in [5.41, 5.74) is 1.02. The molecule has 2 heterocycles. The molecule has 0 radical (unpaired) electrons. The van der Waals surface area contributed by atoms with Crippen molar-refractivity contribution in [1.82, 2.24) is 4.90 Å². The predicted molar refractivity (Wildman–Crippen MR) is 114 cm³/mol. The van der Waals surface area contributed by atoms with Crippen LogP contribution in [0.2, 0.25) is 0 Å². The van der Waals surface area contributed by atoms with Crippen molar-refractivity contribution in [2.75, 3.05) is 24.3 Å². The number of benzene rings is 2. The highest BCUT2D eigenvalue weighted by molar-refractivity contribution is 8.01. The fraction of sp³-hybridized carbons (Fsp3) is 0.391. The molecule has 31 heavy (non-hydrogen) atoms. The molecular formula is C23H22F2N2O3S. The quantitative estimate of drug-likeness (QED) is 0.714. The van der Waals surface area contributed by atoms with E-state index in [9.17, 15) is 18.4 Å². The molecule has 1 unspecified atom stereocenters. The Morgan fingerprint density at radius 3 is 2.61 bits per heavy atom. The van der Waals surface area contributed by atoms with Gasteiger partial charge in [0.25, 0.3) is 5.91 Å². The molecule has 2 amide bonds. The van der Waals surface area contributed by atoms with E-state index in [1.807, 2.05) is 0 Å². The van der Waals surface area contributed by atoms with Gasteiger partial charge in [0.1, 0.15) is 17.4 Å². The number of carbonyl (C=O) groups is 2. The molecule has 1 atom stereocenters. The van der Waals surface area contributed by atoms with E-state index in [1.54, 1.807) is 23.1 Å². The normalized spacial score (nSPS) is 22.7. The van der Waals surface area contributed by atoms with Crippen molar-refractivity contribution in [3.05, 3.63) is 59.2 Å². The number of thioether (sulfide) groups is 1. The van der Waals surface area contributed by atoms with Crippen LogP contribution in [0.3, 0.4) is 0 Å². The zero-order valence-corrected chi connectivity index (χ0v) is 17.9. The van der Waals surface area contributed by atoms with Crippen molar-refractivity contribution in [3.8, 4) is 5.75 Å². The van der Waals surface area contributed by atoms with Crippen LogP contribution >= 0.6 is 11.8 Å². The number of anilines is 1. The van der Waals surface area contributed by atoms with Crippen LogP contribution < -0.4 is 9.64 Å². The predicted octanol–water partition coefficient (Wildman–Crippen LogP) is 4.05. The molecule has 8 heteroatoms. The number of hydrogen-bond acceptors (Lipinski definition) is 4. The summed E-state index contributed by atoms with van der Waals surface area (Å²) in [6.07, 6.45) is 2.68. The minimum Gasteiger partial charge on any atom is -0.497 e. The van der Waals surface area contributed by atoms with E-state index in [0.29, 0.717) is 29.3 Å². The summed E-state index contributed by atoms with van der Waals surface area (Å²) in [6, 6.07) is 8.87. The maximum Gasteiger partial charge on any atom is 0.268 e. The van der Waals surface area contributed by atoms with Gasteiger partial charge in [-0.2, -0.15) is 0 Å².